The number of hydrogen-bond donors (Lipinski definition) is 0. The van der Waals surface area contributed by atoms with Crippen molar-refractivity contribution in [3.05, 3.63) is 64.4 Å². The van der Waals surface area contributed by atoms with Crippen molar-refractivity contribution in [2.75, 3.05) is 4.90 Å². The summed E-state index contributed by atoms with van der Waals surface area (Å²) in [4.78, 5) is 41.8. The van der Waals surface area contributed by atoms with Crippen molar-refractivity contribution in [3.8, 4) is 0 Å². The lowest BCUT2D eigenvalue weighted by molar-refractivity contribution is -0.136. The maximum Gasteiger partial charge on any atom is 0.240 e. The highest BCUT2D eigenvalue weighted by Crippen LogP contribution is 2.53. The Morgan fingerprint density at radius 2 is 1.75 bits per heavy atom. The fourth-order valence-electron chi connectivity index (χ4n) is 4.99. The molecule has 164 valence electrons. The molecular weight excluding hydrogens is 433 g/mol. The van der Waals surface area contributed by atoms with Crippen LogP contribution < -0.4 is 4.90 Å². The van der Waals surface area contributed by atoms with Gasteiger partial charge in [0, 0.05) is 5.41 Å². The molecule has 0 bridgehead atoms. The van der Waals surface area contributed by atoms with E-state index in [0.717, 1.165) is 22.1 Å². The lowest BCUT2D eigenvalue weighted by Gasteiger charge is -2.35. The Balaban J connectivity index is 1.67. The van der Waals surface area contributed by atoms with Gasteiger partial charge in [0.1, 0.15) is 11.9 Å². The zero-order chi connectivity index (χ0) is 22.9. The maximum atomic E-state index is 13.7. The first-order valence-electron chi connectivity index (χ1n) is 10.4. The van der Waals surface area contributed by atoms with Crippen LogP contribution in [0.4, 0.5) is 10.1 Å². The van der Waals surface area contributed by atoms with Crippen molar-refractivity contribution >= 4 is 41.1 Å². The van der Waals surface area contributed by atoms with Crippen molar-refractivity contribution < 1.29 is 18.8 Å². The molecule has 32 heavy (non-hydrogen) atoms. The number of halogens is 2. The third kappa shape index (κ3) is 2.84. The third-order valence-corrected chi connectivity index (χ3v) is 6.75. The fraction of sp³-hybridized carbons (Fsp3) is 0.333. The van der Waals surface area contributed by atoms with E-state index in [4.69, 9.17) is 11.6 Å². The first kappa shape index (κ1) is 20.8. The molecule has 5 rings (SSSR count). The van der Waals surface area contributed by atoms with Crippen LogP contribution in [-0.2, 0) is 14.4 Å². The van der Waals surface area contributed by atoms with Gasteiger partial charge in [-0.3, -0.25) is 19.4 Å². The van der Waals surface area contributed by atoms with Gasteiger partial charge in [-0.2, -0.15) is 5.10 Å². The Labute approximate surface area is 189 Å². The van der Waals surface area contributed by atoms with Crippen molar-refractivity contribution in [3.63, 3.8) is 0 Å². The van der Waals surface area contributed by atoms with Crippen molar-refractivity contribution in [2.24, 2.45) is 22.4 Å². The molecule has 4 atom stereocenters. The number of imide groups is 1. The maximum absolute atomic E-state index is 13.7. The molecule has 2 saturated heterocycles. The largest absolute Gasteiger partial charge is 0.297 e. The molecule has 3 heterocycles. The Morgan fingerprint density at radius 1 is 1.06 bits per heavy atom. The number of rotatable bonds is 2. The molecule has 0 aromatic heterocycles. The van der Waals surface area contributed by atoms with Gasteiger partial charge < -0.3 is 0 Å². The molecule has 0 saturated carbocycles. The van der Waals surface area contributed by atoms with Crippen LogP contribution in [0.15, 0.2) is 47.6 Å². The van der Waals surface area contributed by atoms with Crippen molar-refractivity contribution in [1.29, 1.82) is 0 Å². The molecule has 0 aliphatic carbocycles. The first-order valence-corrected chi connectivity index (χ1v) is 10.8. The number of carbonyl (C=O) groups is 3. The van der Waals surface area contributed by atoms with E-state index in [0.29, 0.717) is 0 Å². The Morgan fingerprint density at radius 3 is 2.44 bits per heavy atom. The van der Waals surface area contributed by atoms with E-state index in [9.17, 15) is 18.8 Å². The molecule has 2 amide bonds. The number of Topliss-reactive ketones (excluding diaryl/α,β-unsaturated/α-hetero) is 1. The minimum atomic E-state index is -0.897. The first-order chi connectivity index (χ1) is 15.1. The van der Waals surface area contributed by atoms with Gasteiger partial charge in [-0.05, 0) is 29.3 Å². The van der Waals surface area contributed by atoms with Crippen LogP contribution in [0, 0.1) is 23.1 Å². The van der Waals surface area contributed by atoms with Gasteiger partial charge >= 0.3 is 0 Å². The lowest BCUT2D eigenvalue weighted by Crippen LogP contribution is -2.48. The van der Waals surface area contributed by atoms with E-state index in [-0.39, 0.29) is 16.5 Å². The number of ketones is 1. The second-order valence-corrected chi connectivity index (χ2v) is 9.83. The molecule has 0 N–H and O–H groups in total. The Hall–Kier alpha value is -3.06. The Kier molecular flexibility index (Phi) is 4.53. The molecule has 3 aliphatic rings. The summed E-state index contributed by atoms with van der Waals surface area (Å²) < 4.78 is 13.7. The minimum Gasteiger partial charge on any atom is -0.297 e. The van der Waals surface area contributed by atoms with E-state index in [1.807, 2.05) is 24.3 Å². The number of fused-ring (bicyclic) bond motifs is 5. The van der Waals surface area contributed by atoms with E-state index in [2.05, 4.69) is 5.10 Å². The summed E-state index contributed by atoms with van der Waals surface area (Å²) in [5, 5.41) is 5.97. The van der Waals surface area contributed by atoms with Gasteiger partial charge in [0.2, 0.25) is 11.8 Å². The molecule has 3 aliphatic heterocycles. The van der Waals surface area contributed by atoms with Gasteiger partial charge in [-0.25, -0.2) is 9.29 Å². The summed E-state index contributed by atoms with van der Waals surface area (Å²) in [5.74, 6) is -3.42. The van der Waals surface area contributed by atoms with Gasteiger partial charge in [0.25, 0.3) is 0 Å². The quantitative estimate of drug-likeness (QED) is 0.645. The van der Waals surface area contributed by atoms with Crippen LogP contribution in [0.2, 0.25) is 5.02 Å². The molecule has 2 fully saturated rings. The van der Waals surface area contributed by atoms with Gasteiger partial charge in [-0.15, -0.1) is 0 Å². The number of hydrogen-bond acceptors (Lipinski definition) is 5. The van der Waals surface area contributed by atoms with Gasteiger partial charge in [0.15, 0.2) is 5.78 Å². The Bertz CT molecular complexity index is 1210. The molecule has 2 aromatic carbocycles. The molecule has 2 aromatic rings. The SMILES string of the molecule is CC(C)(C)C(=O)[C@@H]1[C@@H]2C(=O)N(c3ccc(F)c(Cl)c3)C(=O)[C@@H]2[C@@H]2c3ccccc3C=NN12. The summed E-state index contributed by atoms with van der Waals surface area (Å²) in [6.07, 6.45) is 1.67. The second kappa shape index (κ2) is 6.97. The van der Waals surface area contributed by atoms with Crippen molar-refractivity contribution in [1.82, 2.24) is 5.01 Å². The molecule has 8 heteroatoms. The third-order valence-electron chi connectivity index (χ3n) is 6.46. The molecular formula is C24H21ClFN3O3. The van der Waals surface area contributed by atoms with Crippen LogP contribution >= 0.6 is 11.6 Å². The molecule has 0 spiro atoms. The zero-order valence-electron chi connectivity index (χ0n) is 17.8. The minimum absolute atomic E-state index is 0.160. The van der Waals surface area contributed by atoms with E-state index >= 15 is 0 Å². The smallest absolute Gasteiger partial charge is 0.240 e. The second-order valence-electron chi connectivity index (χ2n) is 9.42. The summed E-state index contributed by atoms with van der Waals surface area (Å²) in [6.45, 7) is 5.37. The van der Waals surface area contributed by atoms with E-state index in [1.165, 1.54) is 12.1 Å². The zero-order valence-corrected chi connectivity index (χ0v) is 18.5. The summed E-state index contributed by atoms with van der Waals surface area (Å²) in [6, 6.07) is 9.83. The number of hydrazone groups is 1. The molecule has 0 unspecified atom stereocenters. The molecule has 0 radical (unpaired) electrons. The standard InChI is InChI=1S/C24H21ClFN3O3/c1-24(2,3)21(30)20-18-17(19-14-7-5-4-6-12(14)11-27-29(19)20)22(31)28(23(18)32)13-8-9-16(26)15(25)10-13/h4-11,17-20H,1-3H3/t17-,18+,19-,20-/m0/s1. The fourth-order valence-corrected chi connectivity index (χ4v) is 5.17. The summed E-state index contributed by atoms with van der Waals surface area (Å²) >= 11 is 5.92. The molecule has 6 nitrogen and oxygen atoms in total. The summed E-state index contributed by atoms with van der Waals surface area (Å²) in [7, 11) is 0. The lowest BCUT2D eigenvalue weighted by atomic mass is 9.79. The number of carbonyl (C=O) groups excluding carboxylic acids is 3. The highest BCUT2D eigenvalue weighted by atomic mass is 35.5. The van der Waals surface area contributed by atoms with E-state index in [1.54, 1.807) is 32.0 Å². The van der Waals surface area contributed by atoms with Crippen LogP contribution in [0.25, 0.3) is 0 Å². The van der Waals surface area contributed by atoms with Crippen LogP contribution in [0.5, 0.6) is 0 Å². The van der Waals surface area contributed by atoms with Crippen LogP contribution in [0.3, 0.4) is 0 Å². The highest BCUT2D eigenvalue weighted by Gasteiger charge is 2.66. The number of amides is 2. The van der Waals surface area contributed by atoms with E-state index < -0.39 is 47.0 Å². The predicted molar refractivity (Wildman–Crippen MR) is 118 cm³/mol. The van der Waals surface area contributed by atoms with Crippen LogP contribution in [0.1, 0.15) is 37.9 Å². The topological polar surface area (TPSA) is 70.0 Å². The normalized spacial score (nSPS) is 26.3. The number of nitrogens with zero attached hydrogens (tertiary/aromatic N) is 3. The monoisotopic (exact) mass is 453 g/mol. The predicted octanol–water partition coefficient (Wildman–Crippen LogP) is 3.97. The number of benzene rings is 2. The van der Waals surface area contributed by atoms with Crippen LogP contribution in [-0.4, -0.2) is 34.9 Å². The van der Waals surface area contributed by atoms with Gasteiger partial charge in [0.05, 0.1) is 34.8 Å². The summed E-state index contributed by atoms with van der Waals surface area (Å²) in [5.41, 5.74) is 1.15. The average Bonchev–Trinajstić information content (AvgIpc) is 3.22. The van der Waals surface area contributed by atoms with Gasteiger partial charge in [-0.1, -0.05) is 56.6 Å². The highest BCUT2D eigenvalue weighted by molar-refractivity contribution is 6.31. The number of anilines is 1. The average molecular weight is 454 g/mol. The van der Waals surface area contributed by atoms with Crippen molar-refractivity contribution in [2.45, 2.75) is 32.9 Å².